The van der Waals surface area contributed by atoms with Crippen LogP contribution in [0.5, 0.6) is 11.6 Å². The number of aromatic nitrogens is 4. The fourth-order valence-corrected chi connectivity index (χ4v) is 1.97. The highest BCUT2D eigenvalue weighted by Crippen LogP contribution is 2.21. The average Bonchev–Trinajstić information content (AvgIpc) is 3.12. The molecule has 0 amide bonds. The number of aromatic amines is 1. The molecule has 1 N–H and O–H groups in total. The molecule has 0 unspecified atom stereocenters. The average molecular weight is 309 g/mol. The Morgan fingerprint density at radius 2 is 2.17 bits per heavy atom. The van der Waals surface area contributed by atoms with Crippen LogP contribution in [0.25, 0.3) is 0 Å². The SMILES string of the molecule is COc1ccc(C=Nc2ncn[nH]2)cc1COc1ccccn1. The van der Waals surface area contributed by atoms with Crippen LogP contribution in [0.15, 0.2) is 53.9 Å². The molecule has 0 aliphatic rings. The van der Waals surface area contributed by atoms with Crippen molar-refractivity contribution in [3.63, 3.8) is 0 Å². The van der Waals surface area contributed by atoms with E-state index >= 15 is 0 Å². The van der Waals surface area contributed by atoms with Crippen molar-refractivity contribution in [2.45, 2.75) is 6.61 Å². The minimum atomic E-state index is 0.351. The molecule has 2 aromatic heterocycles. The van der Waals surface area contributed by atoms with Crippen LogP contribution in [0, 0.1) is 0 Å². The fourth-order valence-electron chi connectivity index (χ4n) is 1.97. The van der Waals surface area contributed by atoms with Gasteiger partial charge in [-0.15, -0.1) is 0 Å². The zero-order valence-electron chi connectivity index (χ0n) is 12.5. The van der Waals surface area contributed by atoms with Gasteiger partial charge >= 0.3 is 0 Å². The van der Waals surface area contributed by atoms with Gasteiger partial charge in [-0.25, -0.2) is 15.1 Å². The second-order valence-corrected chi connectivity index (χ2v) is 4.60. The first kappa shape index (κ1) is 14.7. The lowest BCUT2D eigenvalue weighted by Crippen LogP contribution is -2.01. The highest BCUT2D eigenvalue weighted by atomic mass is 16.5. The van der Waals surface area contributed by atoms with E-state index in [-0.39, 0.29) is 0 Å². The van der Waals surface area contributed by atoms with Crippen LogP contribution in [-0.2, 0) is 6.61 Å². The fraction of sp³-hybridized carbons (Fsp3) is 0.125. The molecule has 3 aromatic rings. The second kappa shape index (κ2) is 7.17. The third-order valence-corrected chi connectivity index (χ3v) is 3.06. The van der Waals surface area contributed by atoms with Crippen LogP contribution >= 0.6 is 0 Å². The summed E-state index contributed by atoms with van der Waals surface area (Å²) in [5.41, 5.74) is 1.81. The van der Waals surface area contributed by atoms with Gasteiger partial charge in [0.05, 0.1) is 7.11 Å². The predicted molar refractivity (Wildman–Crippen MR) is 85.2 cm³/mol. The van der Waals surface area contributed by atoms with E-state index in [9.17, 15) is 0 Å². The first-order valence-corrected chi connectivity index (χ1v) is 6.95. The number of hydrogen-bond donors (Lipinski definition) is 1. The quantitative estimate of drug-likeness (QED) is 0.707. The van der Waals surface area contributed by atoms with Crippen molar-refractivity contribution in [2.75, 3.05) is 7.11 Å². The Kier molecular flexibility index (Phi) is 4.58. The van der Waals surface area contributed by atoms with Crippen molar-refractivity contribution in [3.8, 4) is 11.6 Å². The normalized spacial score (nSPS) is 10.8. The van der Waals surface area contributed by atoms with E-state index in [0.717, 1.165) is 16.9 Å². The second-order valence-electron chi connectivity index (χ2n) is 4.60. The summed E-state index contributed by atoms with van der Waals surface area (Å²) in [5.74, 6) is 1.76. The first-order chi connectivity index (χ1) is 11.3. The largest absolute Gasteiger partial charge is 0.496 e. The molecule has 1 aromatic carbocycles. The molecule has 2 heterocycles. The number of nitrogens with zero attached hydrogens (tertiary/aromatic N) is 4. The molecule has 0 atom stereocenters. The zero-order chi connectivity index (χ0) is 15.9. The standard InChI is InChI=1S/C16H15N5O2/c1-22-14-6-5-12(9-18-16-19-11-20-21-16)8-13(14)10-23-15-4-2-3-7-17-15/h2-9,11H,10H2,1H3,(H,19,20,21). The first-order valence-electron chi connectivity index (χ1n) is 6.95. The molecule has 0 aliphatic carbocycles. The predicted octanol–water partition coefficient (Wildman–Crippen LogP) is 2.54. The molecule has 0 spiro atoms. The van der Waals surface area contributed by atoms with Gasteiger partial charge in [-0.2, -0.15) is 10.1 Å². The van der Waals surface area contributed by atoms with Crippen LogP contribution in [0.1, 0.15) is 11.1 Å². The number of methoxy groups -OCH3 is 1. The Morgan fingerprint density at radius 1 is 1.22 bits per heavy atom. The molecular formula is C16H15N5O2. The Morgan fingerprint density at radius 3 is 2.91 bits per heavy atom. The highest BCUT2D eigenvalue weighted by molar-refractivity contribution is 5.81. The molecule has 116 valence electrons. The van der Waals surface area contributed by atoms with Crippen LogP contribution < -0.4 is 9.47 Å². The molecule has 7 heteroatoms. The molecule has 7 nitrogen and oxygen atoms in total. The molecular weight excluding hydrogens is 294 g/mol. The number of rotatable bonds is 6. The maximum atomic E-state index is 5.68. The van der Waals surface area contributed by atoms with Crippen molar-refractivity contribution in [1.29, 1.82) is 0 Å². The topological polar surface area (TPSA) is 85.3 Å². The van der Waals surface area contributed by atoms with Gasteiger partial charge < -0.3 is 9.47 Å². The van der Waals surface area contributed by atoms with Crippen LogP contribution in [0.3, 0.4) is 0 Å². The number of aliphatic imine (C=N–C) groups is 1. The molecule has 0 saturated carbocycles. The van der Waals surface area contributed by atoms with Crippen molar-refractivity contribution in [3.05, 3.63) is 60.0 Å². The lowest BCUT2D eigenvalue weighted by atomic mass is 10.1. The highest BCUT2D eigenvalue weighted by Gasteiger charge is 2.05. The molecule has 0 bridgehead atoms. The summed E-state index contributed by atoms with van der Waals surface area (Å²) in [6.07, 6.45) is 4.80. The van der Waals surface area contributed by atoms with E-state index in [1.807, 2.05) is 36.4 Å². The summed E-state index contributed by atoms with van der Waals surface area (Å²) >= 11 is 0. The maximum absolute atomic E-state index is 5.68. The van der Waals surface area contributed by atoms with E-state index in [2.05, 4.69) is 25.2 Å². The van der Waals surface area contributed by atoms with Gasteiger partial charge in [0, 0.05) is 24.0 Å². The molecule has 0 radical (unpaired) electrons. The summed E-state index contributed by atoms with van der Waals surface area (Å²) in [4.78, 5) is 12.3. The molecule has 0 fully saturated rings. The Bertz CT molecular complexity index is 772. The maximum Gasteiger partial charge on any atom is 0.245 e. The van der Waals surface area contributed by atoms with Gasteiger partial charge in [-0.05, 0) is 29.8 Å². The Balaban J connectivity index is 1.76. The van der Waals surface area contributed by atoms with Crippen molar-refractivity contribution < 1.29 is 9.47 Å². The number of H-pyrrole nitrogens is 1. The summed E-state index contributed by atoms with van der Waals surface area (Å²) in [6.45, 7) is 0.351. The van der Waals surface area contributed by atoms with E-state index in [1.54, 1.807) is 19.5 Å². The van der Waals surface area contributed by atoms with E-state index in [1.165, 1.54) is 6.33 Å². The minimum absolute atomic E-state index is 0.351. The van der Waals surface area contributed by atoms with Gasteiger partial charge in [0.25, 0.3) is 0 Å². The van der Waals surface area contributed by atoms with E-state index in [0.29, 0.717) is 18.4 Å². The van der Waals surface area contributed by atoms with Gasteiger partial charge in [0.2, 0.25) is 11.8 Å². The molecule has 23 heavy (non-hydrogen) atoms. The lowest BCUT2D eigenvalue weighted by molar-refractivity contribution is 0.285. The van der Waals surface area contributed by atoms with Crippen molar-refractivity contribution in [2.24, 2.45) is 4.99 Å². The van der Waals surface area contributed by atoms with E-state index < -0.39 is 0 Å². The summed E-state index contributed by atoms with van der Waals surface area (Å²) < 4.78 is 11.0. The molecule has 0 aliphatic heterocycles. The van der Waals surface area contributed by atoms with Crippen LogP contribution in [-0.4, -0.2) is 33.5 Å². The van der Waals surface area contributed by atoms with Crippen LogP contribution in [0.2, 0.25) is 0 Å². The summed E-state index contributed by atoms with van der Waals surface area (Å²) in [6, 6.07) is 11.2. The van der Waals surface area contributed by atoms with Crippen LogP contribution in [0.4, 0.5) is 5.95 Å². The zero-order valence-corrected chi connectivity index (χ0v) is 12.5. The Hall–Kier alpha value is -3.22. The summed E-state index contributed by atoms with van der Waals surface area (Å²) in [7, 11) is 1.63. The number of pyridine rings is 1. The van der Waals surface area contributed by atoms with E-state index in [4.69, 9.17) is 9.47 Å². The molecule has 0 saturated heterocycles. The summed E-state index contributed by atoms with van der Waals surface area (Å²) in [5, 5.41) is 6.42. The number of benzene rings is 1. The third kappa shape index (κ3) is 3.91. The lowest BCUT2D eigenvalue weighted by Gasteiger charge is -2.10. The molecule has 3 rings (SSSR count). The number of ether oxygens (including phenoxy) is 2. The number of hydrogen-bond acceptors (Lipinski definition) is 6. The monoisotopic (exact) mass is 309 g/mol. The number of nitrogens with one attached hydrogen (secondary N) is 1. The minimum Gasteiger partial charge on any atom is -0.496 e. The van der Waals surface area contributed by atoms with Crippen molar-refractivity contribution in [1.82, 2.24) is 20.2 Å². The van der Waals surface area contributed by atoms with Gasteiger partial charge in [0.1, 0.15) is 18.7 Å². The Labute approximate surface area is 133 Å². The van der Waals surface area contributed by atoms with Gasteiger partial charge in [-0.1, -0.05) is 6.07 Å². The smallest absolute Gasteiger partial charge is 0.245 e. The third-order valence-electron chi connectivity index (χ3n) is 3.06. The van der Waals surface area contributed by atoms with Crippen molar-refractivity contribution >= 4 is 12.2 Å². The van der Waals surface area contributed by atoms with Gasteiger partial charge in [-0.3, -0.25) is 0 Å². The van der Waals surface area contributed by atoms with Gasteiger partial charge in [0.15, 0.2) is 0 Å².